The Morgan fingerprint density at radius 1 is 1.20 bits per heavy atom. The topological polar surface area (TPSA) is 29.3 Å². The van der Waals surface area contributed by atoms with E-state index in [1.807, 2.05) is 0 Å². The maximum absolute atomic E-state index is 6.15. The van der Waals surface area contributed by atoms with Gasteiger partial charge in [0.25, 0.3) is 0 Å². The summed E-state index contributed by atoms with van der Waals surface area (Å²) >= 11 is 0. The summed E-state index contributed by atoms with van der Waals surface area (Å²) in [6.45, 7) is 7.30. The van der Waals surface area contributed by atoms with Crippen molar-refractivity contribution < 1.29 is 0 Å². The molecule has 2 aliphatic rings. The molecule has 2 heteroatoms. The first-order valence-electron chi connectivity index (χ1n) is 6.68. The van der Waals surface area contributed by atoms with Gasteiger partial charge in [-0.05, 0) is 44.1 Å². The molecule has 2 fully saturated rings. The fraction of sp³-hybridized carbons (Fsp3) is 1.00. The van der Waals surface area contributed by atoms with Crippen LogP contribution < -0.4 is 5.73 Å². The van der Waals surface area contributed by atoms with E-state index in [0.29, 0.717) is 6.04 Å². The van der Waals surface area contributed by atoms with E-state index in [-0.39, 0.29) is 0 Å². The van der Waals surface area contributed by atoms with Crippen LogP contribution in [0, 0.1) is 11.8 Å². The van der Waals surface area contributed by atoms with Gasteiger partial charge in [0, 0.05) is 18.6 Å². The molecule has 2 rings (SSSR count). The number of hydrogen-bond donors (Lipinski definition) is 1. The molecule has 1 heterocycles. The van der Waals surface area contributed by atoms with Crippen molar-refractivity contribution in [3.63, 3.8) is 0 Å². The van der Waals surface area contributed by atoms with Gasteiger partial charge in [-0.1, -0.05) is 20.3 Å². The first-order valence-corrected chi connectivity index (χ1v) is 6.68. The van der Waals surface area contributed by atoms with Gasteiger partial charge < -0.3 is 5.73 Å². The molecular weight excluding hydrogens is 184 g/mol. The Hall–Kier alpha value is -0.0800. The molecule has 0 amide bonds. The van der Waals surface area contributed by atoms with Crippen LogP contribution in [0.25, 0.3) is 0 Å². The van der Waals surface area contributed by atoms with E-state index < -0.39 is 0 Å². The average Bonchev–Trinajstić information content (AvgIpc) is 2.77. The van der Waals surface area contributed by atoms with Gasteiger partial charge in [-0.15, -0.1) is 0 Å². The molecule has 2 N–H and O–H groups in total. The van der Waals surface area contributed by atoms with Crippen LogP contribution in [-0.4, -0.2) is 30.1 Å². The van der Waals surface area contributed by atoms with E-state index in [4.69, 9.17) is 5.73 Å². The normalized spacial score (nSPS) is 38.0. The van der Waals surface area contributed by atoms with Gasteiger partial charge >= 0.3 is 0 Å². The summed E-state index contributed by atoms with van der Waals surface area (Å²) < 4.78 is 0. The Morgan fingerprint density at radius 3 is 2.60 bits per heavy atom. The molecule has 0 radical (unpaired) electrons. The molecule has 2 nitrogen and oxygen atoms in total. The van der Waals surface area contributed by atoms with Crippen molar-refractivity contribution >= 4 is 0 Å². The highest BCUT2D eigenvalue weighted by atomic mass is 15.2. The molecule has 0 aromatic heterocycles. The van der Waals surface area contributed by atoms with Gasteiger partial charge in [0.1, 0.15) is 0 Å². The second kappa shape index (κ2) is 4.84. The van der Waals surface area contributed by atoms with Crippen molar-refractivity contribution in [2.45, 2.75) is 58.0 Å². The Balaban J connectivity index is 1.87. The molecule has 15 heavy (non-hydrogen) atoms. The molecule has 0 spiro atoms. The molecule has 88 valence electrons. The lowest BCUT2D eigenvalue weighted by Gasteiger charge is -2.31. The van der Waals surface area contributed by atoms with Crippen molar-refractivity contribution in [2.75, 3.05) is 13.1 Å². The summed E-state index contributed by atoms with van der Waals surface area (Å²) in [6.07, 6.45) is 6.77. The number of rotatable bonds is 3. The SMILES string of the molecule is CC(C)C1CCCN1CC1CCCC1N. The standard InChI is InChI=1S/C13H26N2/c1-10(2)13-7-4-8-15(13)9-11-5-3-6-12(11)14/h10-13H,3-9,14H2,1-2H3. The molecule has 3 unspecified atom stereocenters. The molecular formula is C13H26N2. The van der Waals surface area contributed by atoms with Gasteiger partial charge in [-0.2, -0.15) is 0 Å². The number of nitrogens with zero attached hydrogens (tertiary/aromatic N) is 1. The minimum absolute atomic E-state index is 0.485. The highest BCUT2D eigenvalue weighted by Crippen LogP contribution is 2.30. The first kappa shape index (κ1) is 11.4. The third-order valence-electron chi connectivity index (χ3n) is 4.37. The van der Waals surface area contributed by atoms with Crippen LogP contribution in [0.4, 0.5) is 0 Å². The molecule has 3 atom stereocenters. The van der Waals surface area contributed by atoms with Crippen LogP contribution in [0.1, 0.15) is 46.0 Å². The lowest BCUT2D eigenvalue weighted by molar-refractivity contribution is 0.172. The van der Waals surface area contributed by atoms with E-state index in [1.54, 1.807) is 0 Å². The predicted molar refractivity (Wildman–Crippen MR) is 64.7 cm³/mol. The van der Waals surface area contributed by atoms with E-state index in [9.17, 15) is 0 Å². The summed E-state index contributed by atoms with van der Waals surface area (Å²) in [5.74, 6) is 1.59. The van der Waals surface area contributed by atoms with Gasteiger partial charge in [0.05, 0.1) is 0 Å². The predicted octanol–water partition coefficient (Wildman–Crippen LogP) is 2.23. The van der Waals surface area contributed by atoms with E-state index in [0.717, 1.165) is 17.9 Å². The Bertz CT molecular complexity index is 203. The molecule has 1 saturated carbocycles. The minimum atomic E-state index is 0.485. The highest BCUT2D eigenvalue weighted by molar-refractivity contribution is 4.88. The van der Waals surface area contributed by atoms with Gasteiger partial charge in [-0.25, -0.2) is 0 Å². The van der Waals surface area contributed by atoms with Crippen molar-refractivity contribution in [3.05, 3.63) is 0 Å². The van der Waals surface area contributed by atoms with Crippen LogP contribution in [0.15, 0.2) is 0 Å². The molecule has 0 bridgehead atoms. The van der Waals surface area contributed by atoms with Gasteiger partial charge in [0.15, 0.2) is 0 Å². The smallest absolute Gasteiger partial charge is 0.0119 e. The zero-order valence-electron chi connectivity index (χ0n) is 10.3. The monoisotopic (exact) mass is 210 g/mol. The van der Waals surface area contributed by atoms with Gasteiger partial charge in [-0.3, -0.25) is 4.90 Å². The molecule has 1 aliphatic carbocycles. The Kier molecular flexibility index (Phi) is 3.68. The van der Waals surface area contributed by atoms with Crippen LogP contribution >= 0.6 is 0 Å². The van der Waals surface area contributed by atoms with Crippen molar-refractivity contribution in [2.24, 2.45) is 17.6 Å². The number of nitrogens with two attached hydrogens (primary N) is 1. The first-order chi connectivity index (χ1) is 7.18. The molecule has 1 saturated heterocycles. The number of likely N-dealkylation sites (tertiary alicyclic amines) is 1. The second-order valence-electron chi connectivity index (χ2n) is 5.80. The minimum Gasteiger partial charge on any atom is -0.327 e. The van der Waals surface area contributed by atoms with Crippen LogP contribution in [0.3, 0.4) is 0 Å². The molecule has 0 aromatic carbocycles. The van der Waals surface area contributed by atoms with Crippen molar-refractivity contribution in [1.82, 2.24) is 4.90 Å². The Labute approximate surface area is 94.2 Å². The maximum atomic E-state index is 6.15. The Morgan fingerprint density at radius 2 is 2.00 bits per heavy atom. The summed E-state index contributed by atoms with van der Waals surface area (Å²) in [4.78, 5) is 2.71. The van der Waals surface area contributed by atoms with Gasteiger partial charge in [0.2, 0.25) is 0 Å². The number of hydrogen-bond acceptors (Lipinski definition) is 2. The largest absolute Gasteiger partial charge is 0.327 e. The van der Waals surface area contributed by atoms with E-state index in [2.05, 4.69) is 18.7 Å². The zero-order chi connectivity index (χ0) is 10.8. The fourth-order valence-electron chi connectivity index (χ4n) is 3.43. The third kappa shape index (κ3) is 2.54. The average molecular weight is 210 g/mol. The van der Waals surface area contributed by atoms with Crippen LogP contribution in [-0.2, 0) is 0 Å². The summed E-state index contributed by atoms with van der Waals surface area (Å²) in [5.41, 5.74) is 6.15. The fourth-order valence-corrected chi connectivity index (χ4v) is 3.43. The third-order valence-corrected chi connectivity index (χ3v) is 4.37. The van der Waals surface area contributed by atoms with E-state index >= 15 is 0 Å². The maximum Gasteiger partial charge on any atom is 0.0119 e. The quantitative estimate of drug-likeness (QED) is 0.774. The summed E-state index contributed by atoms with van der Waals surface area (Å²) in [7, 11) is 0. The summed E-state index contributed by atoms with van der Waals surface area (Å²) in [6, 6.07) is 1.32. The zero-order valence-corrected chi connectivity index (χ0v) is 10.3. The lowest BCUT2D eigenvalue weighted by atomic mass is 9.99. The molecule has 1 aliphatic heterocycles. The van der Waals surface area contributed by atoms with E-state index in [1.165, 1.54) is 45.2 Å². The highest BCUT2D eigenvalue weighted by Gasteiger charge is 2.32. The summed E-state index contributed by atoms with van der Waals surface area (Å²) in [5, 5.41) is 0. The van der Waals surface area contributed by atoms with Crippen molar-refractivity contribution in [3.8, 4) is 0 Å². The van der Waals surface area contributed by atoms with Crippen LogP contribution in [0.5, 0.6) is 0 Å². The second-order valence-corrected chi connectivity index (χ2v) is 5.80. The molecule has 0 aromatic rings. The van der Waals surface area contributed by atoms with Crippen LogP contribution in [0.2, 0.25) is 0 Å². The van der Waals surface area contributed by atoms with Crippen molar-refractivity contribution in [1.29, 1.82) is 0 Å². The lowest BCUT2D eigenvalue weighted by Crippen LogP contribution is -2.40.